The molecule has 7 nitrogen and oxygen atoms in total. The van der Waals surface area contributed by atoms with Gasteiger partial charge in [-0.3, -0.25) is 14.4 Å². The van der Waals surface area contributed by atoms with Gasteiger partial charge in [-0.2, -0.15) is 0 Å². The molecule has 0 bridgehead atoms. The number of hydrogen-bond acceptors (Lipinski definition) is 6. The van der Waals surface area contributed by atoms with Crippen LogP contribution in [0.3, 0.4) is 0 Å². The summed E-state index contributed by atoms with van der Waals surface area (Å²) < 4.78 is 6.02. The van der Waals surface area contributed by atoms with E-state index in [1.54, 1.807) is 6.92 Å². The van der Waals surface area contributed by atoms with Gasteiger partial charge in [0, 0.05) is 30.7 Å². The summed E-state index contributed by atoms with van der Waals surface area (Å²) in [6, 6.07) is 9.63. The average molecular weight is 508 g/mol. The molecule has 1 aromatic rings. The molecule has 37 heavy (non-hydrogen) atoms. The zero-order chi connectivity index (χ0) is 26.9. The van der Waals surface area contributed by atoms with Crippen LogP contribution in [0, 0.1) is 35.0 Å². The minimum Gasteiger partial charge on any atom is -0.457 e. The highest BCUT2D eigenvalue weighted by atomic mass is 16.5. The van der Waals surface area contributed by atoms with Crippen LogP contribution in [0.1, 0.15) is 46.1 Å². The second kappa shape index (κ2) is 8.91. The molecule has 0 aromatic heterocycles. The Labute approximate surface area is 218 Å². The van der Waals surface area contributed by atoms with Gasteiger partial charge < -0.3 is 20.3 Å². The summed E-state index contributed by atoms with van der Waals surface area (Å²) in [6.07, 6.45) is 1.03. The third-order valence-electron chi connectivity index (χ3n) is 9.55. The molecular weight excluding hydrogens is 470 g/mol. The van der Waals surface area contributed by atoms with Crippen molar-refractivity contribution >= 4 is 17.7 Å². The average Bonchev–Trinajstić information content (AvgIpc) is 3.08. The maximum atomic E-state index is 14.2. The van der Waals surface area contributed by atoms with Gasteiger partial charge in [0.25, 0.3) is 0 Å². The molecule has 198 valence electrons. The minimum absolute atomic E-state index is 0.231. The van der Waals surface area contributed by atoms with E-state index in [9.17, 15) is 24.6 Å². The number of nitrogens with one attached hydrogen (secondary N) is 1. The standard InChI is InChI=1S/C30H37NO6/c1-15-11-20-13-22-25(33)17(3)16(2)24-23(12-19-9-7-6-8-10-19)31-28(35)30(22,24)27(37-18(4)32)21(20)14-29(5,36)26(15)34/h6-10,14-16,20,22-25,27,33,36H,3,11-13H2,1-2,4-5H3,(H,31,35)/t15-,16+,20-,22+,23+,24-,25-,27-,29+,30+/m1/s1. The number of esters is 1. The predicted molar refractivity (Wildman–Crippen MR) is 137 cm³/mol. The van der Waals surface area contributed by atoms with Crippen molar-refractivity contribution in [2.75, 3.05) is 0 Å². The Morgan fingerprint density at radius 1 is 1.19 bits per heavy atom. The topological polar surface area (TPSA) is 113 Å². The van der Waals surface area contributed by atoms with Crippen LogP contribution in [0.2, 0.25) is 0 Å². The summed E-state index contributed by atoms with van der Waals surface area (Å²) in [7, 11) is 0. The van der Waals surface area contributed by atoms with Crippen LogP contribution in [0.15, 0.2) is 54.1 Å². The van der Waals surface area contributed by atoms with Crippen LogP contribution in [0.25, 0.3) is 0 Å². The number of ketones is 1. The minimum atomic E-state index is -1.75. The van der Waals surface area contributed by atoms with Crippen molar-refractivity contribution in [3.63, 3.8) is 0 Å². The van der Waals surface area contributed by atoms with Crippen LogP contribution < -0.4 is 5.32 Å². The number of ether oxygens (including phenoxy) is 1. The molecule has 0 unspecified atom stereocenters. The normalized spacial score (nSPS) is 43.1. The fourth-order valence-electron chi connectivity index (χ4n) is 8.04. The molecule has 1 spiro atoms. The molecule has 5 rings (SSSR count). The van der Waals surface area contributed by atoms with E-state index in [4.69, 9.17) is 4.74 Å². The Hall–Kier alpha value is -2.77. The maximum Gasteiger partial charge on any atom is 0.303 e. The quantitative estimate of drug-likeness (QED) is 0.428. The van der Waals surface area contributed by atoms with E-state index in [0.717, 1.165) is 5.56 Å². The van der Waals surface area contributed by atoms with Crippen LogP contribution >= 0.6 is 0 Å². The van der Waals surface area contributed by atoms with Crippen molar-refractivity contribution in [3.8, 4) is 0 Å². The van der Waals surface area contributed by atoms with E-state index in [2.05, 4.69) is 11.9 Å². The van der Waals surface area contributed by atoms with E-state index in [0.29, 0.717) is 30.4 Å². The third-order valence-corrected chi connectivity index (χ3v) is 9.55. The van der Waals surface area contributed by atoms with E-state index in [1.165, 1.54) is 19.9 Å². The molecule has 1 heterocycles. The highest BCUT2D eigenvalue weighted by Gasteiger charge is 2.72. The van der Waals surface area contributed by atoms with Crippen molar-refractivity contribution in [1.82, 2.24) is 5.32 Å². The van der Waals surface area contributed by atoms with Crippen molar-refractivity contribution < 1.29 is 29.3 Å². The Morgan fingerprint density at radius 3 is 2.51 bits per heavy atom. The summed E-state index contributed by atoms with van der Waals surface area (Å²) >= 11 is 0. The largest absolute Gasteiger partial charge is 0.457 e. The first-order valence-electron chi connectivity index (χ1n) is 13.3. The molecule has 1 amide bonds. The molecule has 10 atom stereocenters. The number of aliphatic hydroxyl groups is 2. The summed E-state index contributed by atoms with van der Waals surface area (Å²) in [5.74, 6) is -2.85. The number of Topliss-reactive ketones (excluding diaryl/α,β-unsaturated/α-hetero) is 1. The van der Waals surface area contributed by atoms with Gasteiger partial charge in [0.15, 0.2) is 5.78 Å². The molecule has 3 aliphatic carbocycles. The Bertz CT molecular complexity index is 1170. The first-order valence-corrected chi connectivity index (χ1v) is 13.3. The number of hydrogen-bond donors (Lipinski definition) is 3. The van der Waals surface area contributed by atoms with Gasteiger partial charge in [-0.15, -0.1) is 0 Å². The summed E-state index contributed by atoms with van der Waals surface area (Å²) in [5.41, 5.74) is -0.637. The molecule has 1 saturated heterocycles. The van der Waals surface area contributed by atoms with E-state index in [-0.39, 0.29) is 35.5 Å². The Kier molecular flexibility index (Phi) is 6.23. The number of amides is 1. The monoisotopic (exact) mass is 507 g/mol. The number of rotatable bonds is 3. The zero-order valence-electron chi connectivity index (χ0n) is 21.9. The van der Waals surface area contributed by atoms with Crippen molar-refractivity contribution in [1.29, 1.82) is 0 Å². The second-order valence-electron chi connectivity index (χ2n) is 11.9. The van der Waals surface area contributed by atoms with Crippen LogP contribution in [-0.2, 0) is 25.5 Å². The van der Waals surface area contributed by atoms with E-state index >= 15 is 0 Å². The molecule has 3 N–H and O–H groups in total. The second-order valence-corrected chi connectivity index (χ2v) is 11.9. The van der Waals surface area contributed by atoms with Crippen molar-refractivity contribution in [2.24, 2.45) is 35.0 Å². The van der Waals surface area contributed by atoms with Gasteiger partial charge >= 0.3 is 5.97 Å². The molecular formula is C30H37NO6. The highest BCUT2D eigenvalue weighted by molar-refractivity contribution is 5.92. The number of fused-ring (bicyclic) bond motifs is 1. The molecule has 7 heteroatoms. The lowest BCUT2D eigenvalue weighted by Crippen LogP contribution is -2.64. The number of carbonyl (C=O) groups excluding carboxylic acids is 3. The lowest BCUT2D eigenvalue weighted by atomic mass is 9.46. The zero-order valence-corrected chi connectivity index (χ0v) is 21.9. The molecule has 4 aliphatic rings. The predicted octanol–water partition coefficient (Wildman–Crippen LogP) is 2.75. The van der Waals surface area contributed by atoms with Crippen LogP contribution in [-0.4, -0.2) is 51.7 Å². The summed E-state index contributed by atoms with van der Waals surface area (Å²) in [6.45, 7) is 10.8. The molecule has 1 aromatic carbocycles. The molecule has 0 radical (unpaired) electrons. The lowest BCUT2D eigenvalue weighted by molar-refractivity contribution is -0.179. The van der Waals surface area contributed by atoms with Gasteiger partial charge in [0.2, 0.25) is 5.91 Å². The first kappa shape index (κ1) is 25.9. The molecule has 2 saturated carbocycles. The van der Waals surface area contributed by atoms with E-state index in [1.807, 2.05) is 37.3 Å². The van der Waals surface area contributed by atoms with E-state index < -0.39 is 41.0 Å². The molecule has 1 aliphatic heterocycles. The number of carbonyl (C=O) groups is 3. The number of benzene rings is 1. The first-order chi connectivity index (χ1) is 17.4. The highest BCUT2D eigenvalue weighted by Crippen LogP contribution is 2.64. The summed E-state index contributed by atoms with van der Waals surface area (Å²) in [5, 5.41) is 25.9. The van der Waals surface area contributed by atoms with Gasteiger partial charge in [0.05, 0.1) is 6.10 Å². The Morgan fingerprint density at radius 2 is 1.86 bits per heavy atom. The van der Waals surface area contributed by atoms with Crippen molar-refractivity contribution in [2.45, 2.75) is 70.8 Å². The number of aliphatic hydroxyl groups excluding tert-OH is 1. The third kappa shape index (κ3) is 3.81. The Balaban J connectivity index is 1.71. The fraction of sp³-hybridized carbons (Fsp3) is 0.567. The van der Waals surface area contributed by atoms with Crippen LogP contribution in [0.5, 0.6) is 0 Å². The maximum absolute atomic E-state index is 14.2. The smallest absolute Gasteiger partial charge is 0.303 e. The van der Waals surface area contributed by atoms with Gasteiger partial charge in [-0.1, -0.05) is 50.8 Å². The van der Waals surface area contributed by atoms with Gasteiger partial charge in [-0.05, 0) is 60.8 Å². The molecule has 3 fully saturated rings. The van der Waals surface area contributed by atoms with Gasteiger partial charge in [-0.25, -0.2) is 0 Å². The SMILES string of the molecule is C=C1[C@@H](O)[C@@H]2C[C@H]3C[C@@H](C)C(=O)[C@@](C)(O)C=C3[C@@H](OC(C)=O)[C@]23C(=O)N[C@@H](Cc2ccccc2)[C@H]3[C@H]1C. The van der Waals surface area contributed by atoms with Crippen LogP contribution in [0.4, 0.5) is 0 Å². The summed E-state index contributed by atoms with van der Waals surface area (Å²) in [4.78, 5) is 39.8. The van der Waals surface area contributed by atoms with Crippen molar-refractivity contribution in [3.05, 3.63) is 59.7 Å². The fourth-order valence-corrected chi connectivity index (χ4v) is 8.04. The lowest BCUT2D eigenvalue weighted by Gasteiger charge is -2.58. The van der Waals surface area contributed by atoms with Gasteiger partial charge in [0.1, 0.15) is 17.1 Å².